The molecule has 1 aliphatic heterocycles. The first-order chi connectivity index (χ1) is 10.1. The molecule has 1 saturated heterocycles. The second-order valence-corrected chi connectivity index (χ2v) is 7.42. The number of carbonyl (C=O) groups excluding carboxylic acids is 1. The Labute approximate surface area is 141 Å². The van der Waals surface area contributed by atoms with E-state index in [2.05, 4.69) is 0 Å². The molecule has 122 valence electrons. The molecule has 1 aromatic carbocycles. The first kappa shape index (κ1) is 17.4. The minimum Gasteiger partial charge on any atom is -0.371 e. The number of urea groups is 1. The van der Waals surface area contributed by atoms with Crippen LogP contribution in [0.1, 0.15) is 40.5 Å². The first-order valence-electron chi connectivity index (χ1n) is 7.39. The van der Waals surface area contributed by atoms with Crippen LogP contribution in [0.25, 0.3) is 0 Å². The molecule has 2 amide bonds. The highest BCUT2D eigenvalue weighted by atomic mass is 35.5. The first-order valence-corrected chi connectivity index (χ1v) is 8.15. The third kappa shape index (κ3) is 3.05. The maximum atomic E-state index is 13.0. The van der Waals surface area contributed by atoms with Gasteiger partial charge in [-0.3, -0.25) is 4.90 Å². The zero-order valence-electron chi connectivity index (χ0n) is 13.4. The standard InChI is InChI=1S/C16H22Cl2N2O2/c1-5-8-19-14(21)20(16(4,22)10-15(19,2)3)13-7-6-11(17)9-12(13)18/h6-7,9,22H,5,8,10H2,1-4H3/t16-/m0/s1. The van der Waals surface area contributed by atoms with Gasteiger partial charge in [-0.1, -0.05) is 30.1 Å². The SMILES string of the molecule is CCCN1C(=O)N(c2ccc(Cl)cc2Cl)[C@@](C)(O)CC1(C)C. The van der Waals surface area contributed by atoms with E-state index in [1.54, 1.807) is 30.0 Å². The number of hydrogen-bond donors (Lipinski definition) is 1. The van der Waals surface area contributed by atoms with Gasteiger partial charge in [0.2, 0.25) is 0 Å². The molecule has 2 rings (SSSR count). The Morgan fingerprint density at radius 3 is 2.45 bits per heavy atom. The van der Waals surface area contributed by atoms with Gasteiger partial charge in [0.1, 0.15) is 5.72 Å². The molecule has 1 aromatic rings. The summed E-state index contributed by atoms with van der Waals surface area (Å²) in [6.07, 6.45) is 1.27. The monoisotopic (exact) mass is 344 g/mol. The number of aliphatic hydroxyl groups is 1. The van der Waals surface area contributed by atoms with E-state index in [-0.39, 0.29) is 6.03 Å². The lowest BCUT2D eigenvalue weighted by Crippen LogP contribution is -2.68. The molecule has 0 aromatic heterocycles. The normalized spacial score (nSPS) is 24.8. The number of rotatable bonds is 3. The second-order valence-electron chi connectivity index (χ2n) is 6.57. The average molecular weight is 345 g/mol. The maximum absolute atomic E-state index is 13.0. The van der Waals surface area contributed by atoms with Crippen molar-refractivity contribution < 1.29 is 9.90 Å². The lowest BCUT2D eigenvalue weighted by Gasteiger charge is -2.53. The van der Waals surface area contributed by atoms with Gasteiger partial charge in [0, 0.05) is 23.5 Å². The minimum absolute atomic E-state index is 0.243. The van der Waals surface area contributed by atoms with Crippen molar-refractivity contribution in [1.82, 2.24) is 4.90 Å². The van der Waals surface area contributed by atoms with Crippen molar-refractivity contribution in [1.29, 1.82) is 0 Å². The summed E-state index contributed by atoms with van der Waals surface area (Å²) in [6, 6.07) is 4.66. The van der Waals surface area contributed by atoms with Crippen LogP contribution in [-0.2, 0) is 0 Å². The highest BCUT2D eigenvalue weighted by molar-refractivity contribution is 6.36. The number of benzene rings is 1. The summed E-state index contributed by atoms with van der Waals surface area (Å²) in [7, 11) is 0. The lowest BCUT2D eigenvalue weighted by atomic mass is 9.87. The predicted octanol–water partition coefficient (Wildman–Crippen LogP) is 4.52. The van der Waals surface area contributed by atoms with Gasteiger partial charge >= 0.3 is 6.03 Å². The van der Waals surface area contributed by atoms with Crippen molar-refractivity contribution >= 4 is 34.9 Å². The minimum atomic E-state index is -1.32. The molecule has 0 spiro atoms. The largest absolute Gasteiger partial charge is 0.371 e. The predicted molar refractivity (Wildman–Crippen MR) is 90.7 cm³/mol. The van der Waals surface area contributed by atoms with E-state index >= 15 is 0 Å². The number of hydrogen-bond acceptors (Lipinski definition) is 2. The van der Waals surface area contributed by atoms with Gasteiger partial charge < -0.3 is 10.0 Å². The third-order valence-corrected chi connectivity index (χ3v) is 4.54. The molecular formula is C16H22Cl2N2O2. The Kier molecular flexibility index (Phi) is 4.67. The van der Waals surface area contributed by atoms with Crippen LogP contribution in [0.5, 0.6) is 0 Å². The fourth-order valence-corrected chi connectivity index (χ4v) is 3.72. The molecule has 22 heavy (non-hydrogen) atoms. The van der Waals surface area contributed by atoms with Crippen LogP contribution in [0, 0.1) is 0 Å². The molecule has 0 bridgehead atoms. The topological polar surface area (TPSA) is 43.8 Å². The number of anilines is 1. The van der Waals surface area contributed by atoms with Gasteiger partial charge in [-0.05, 0) is 45.4 Å². The van der Waals surface area contributed by atoms with Gasteiger partial charge in [-0.25, -0.2) is 4.79 Å². The van der Waals surface area contributed by atoms with Crippen molar-refractivity contribution in [2.45, 2.75) is 51.8 Å². The number of nitrogens with zero attached hydrogens (tertiary/aromatic N) is 2. The molecule has 0 aliphatic carbocycles. The van der Waals surface area contributed by atoms with Gasteiger partial charge in [-0.15, -0.1) is 0 Å². The molecule has 0 saturated carbocycles. The fourth-order valence-electron chi connectivity index (χ4n) is 3.23. The zero-order valence-corrected chi connectivity index (χ0v) is 14.9. The summed E-state index contributed by atoms with van der Waals surface area (Å²) in [6.45, 7) is 8.23. The lowest BCUT2D eigenvalue weighted by molar-refractivity contribution is -0.0252. The van der Waals surface area contributed by atoms with Crippen molar-refractivity contribution in [2.24, 2.45) is 0 Å². The Hall–Kier alpha value is -0.970. The van der Waals surface area contributed by atoms with Gasteiger partial charge in [0.15, 0.2) is 0 Å². The van der Waals surface area contributed by atoms with Crippen LogP contribution in [0.2, 0.25) is 10.0 Å². The molecule has 4 nitrogen and oxygen atoms in total. The Morgan fingerprint density at radius 2 is 1.91 bits per heavy atom. The summed E-state index contributed by atoms with van der Waals surface area (Å²) in [4.78, 5) is 16.1. The number of carbonyl (C=O) groups is 1. The summed E-state index contributed by atoms with van der Waals surface area (Å²) in [5.41, 5.74) is -1.27. The van der Waals surface area contributed by atoms with Crippen molar-refractivity contribution in [3.8, 4) is 0 Å². The fraction of sp³-hybridized carbons (Fsp3) is 0.562. The number of amides is 2. The van der Waals surface area contributed by atoms with Gasteiger partial charge in [0.25, 0.3) is 0 Å². The van der Waals surface area contributed by atoms with E-state index < -0.39 is 11.3 Å². The third-order valence-electron chi connectivity index (χ3n) is 4.00. The van der Waals surface area contributed by atoms with E-state index in [0.29, 0.717) is 28.7 Å². The quantitative estimate of drug-likeness (QED) is 0.875. The molecule has 1 aliphatic rings. The van der Waals surface area contributed by atoms with E-state index in [9.17, 15) is 9.90 Å². The Morgan fingerprint density at radius 1 is 1.27 bits per heavy atom. The zero-order chi connectivity index (χ0) is 16.7. The smallest absolute Gasteiger partial charge is 0.327 e. The molecule has 1 heterocycles. The maximum Gasteiger partial charge on any atom is 0.327 e. The van der Waals surface area contributed by atoms with Crippen molar-refractivity contribution in [2.75, 3.05) is 11.4 Å². The van der Waals surface area contributed by atoms with Crippen LogP contribution in [0.15, 0.2) is 18.2 Å². The summed E-state index contributed by atoms with van der Waals surface area (Å²) >= 11 is 12.2. The van der Waals surface area contributed by atoms with E-state index in [4.69, 9.17) is 23.2 Å². The molecular weight excluding hydrogens is 323 g/mol. The van der Waals surface area contributed by atoms with E-state index in [1.165, 1.54) is 4.90 Å². The summed E-state index contributed by atoms with van der Waals surface area (Å²) in [5, 5.41) is 11.7. The van der Waals surface area contributed by atoms with Crippen LogP contribution >= 0.6 is 23.2 Å². The molecule has 0 unspecified atom stereocenters. The molecule has 0 radical (unpaired) electrons. The average Bonchev–Trinajstić information content (AvgIpc) is 2.35. The highest BCUT2D eigenvalue weighted by Crippen LogP contribution is 2.41. The number of halogens is 2. The molecule has 6 heteroatoms. The second kappa shape index (κ2) is 5.91. The van der Waals surface area contributed by atoms with Crippen LogP contribution in [-0.4, -0.2) is 33.8 Å². The van der Waals surface area contributed by atoms with Gasteiger partial charge in [-0.2, -0.15) is 0 Å². The van der Waals surface area contributed by atoms with Crippen molar-refractivity contribution in [3.63, 3.8) is 0 Å². The summed E-state index contributed by atoms with van der Waals surface area (Å²) in [5.74, 6) is 0. The molecule has 1 atom stereocenters. The highest BCUT2D eigenvalue weighted by Gasteiger charge is 2.50. The Balaban J connectivity index is 2.51. The van der Waals surface area contributed by atoms with Gasteiger partial charge in [0.05, 0.1) is 10.7 Å². The van der Waals surface area contributed by atoms with E-state index in [1.807, 2.05) is 20.8 Å². The Bertz CT molecular complexity index is 588. The van der Waals surface area contributed by atoms with Crippen LogP contribution in [0.4, 0.5) is 10.5 Å². The van der Waals surface area contributed by atoms with E-state index in [0.717, 1.165) is 6.42 Å². The van der Waals surface area contributed by atoms with Crippen molar-refractivity contribution in [3.05, 3.63) is 28.2 Å². The van der Waals surface area contributed by atoms with Crippen LogP contribution < -0.4 is 4.90 Å². The summed E-state index contributed by atoms with van der Waals surface area (Å²) < 4.78 is 0. The van der Waals surface area contributed by atoms with Crippen LogP contribution in [0.3, 0.4) is 0 Å². The molecule has 1 N–H and O–H groups in total. The molecule has 1 fully saturated rings.